The molecule has 16 heavy (non-hydrogen) atoms. The number of ether oxygens (including phenoxy) is 1. The molecule has 0 saturated heterocycles. The van der Waals surface area contributed by atoms with Crippen molar-refractivity contribution in [1.29, 1.82) is 0 Å². The number of halogens is 3. The lowest BCUT2D eigenvalue weighted by Gasteiger charge is -2.08. The summed E-state index contributed by atoms with van der Waals surface area (Å²) in [6.07, 6.45) is 0. The van der Waals surface area contributed by atoms with E-state index >= 15 is 0 Å². The van der Waals surface area contributed by atoms with Crippen LogP contribution < -0.4 is 4.74 Å². The number of hydrogen-bond donors (Lipinski definition) is 0. The van der Waals surface area contributed by atoms with Gasteiger partial charge in [0, 0.05) is 5.39 Å². The van der Waals surface area contributed by atoms with Crippen molar-refractivity contribution in [3.63, 3.8) is 0 Å². The highest BCUT2D eigenvalue weighted by molar-refractivity contribution is 9.10. The van der Waals surface area contributed by atoms with E-state index in [1.165, 1.54) is 6.07 Å². The van der Waals surface area contributed by atoms with Crippen molar-refractivity contribution in [2.24, 2.45) is 0 Å². The first-order chi connectivity index (χ1) is 7.63. The molecule has 2 rings (SSSR count). The van der Waals surface area contributed by atoms with Gasteiger partial charge in [-0.15, -0.1) is 0 Å². The van der Waals surface area contributed by atoms with Crippen LogP contribution in [0.5, 0.6) is 5.75 Å². The van der Waals surface area contributed by atoms with E-state index in [4.69, 9.17) is 4.74 Å². The van der Waals surface area contributed by atoms with Crippen molar-refractivity contribution >= 4 is 26.7 Å². The zero-order valence-electron chi connectivity index (χ0n) is 8.56. The lowest BCUT2D eigenvalue weighted by Crippen LogP contribution is -1.93. The molecule has 0 heterocycles. The monoisotopic (exact) mass is 286 g/mol. The molecule has 4 heteroatoms. The summed E-state index contributed by atoms with van der Waals surface area (Å²) in [6, 6.07) is 5.77. The fourth-order valence-corrected chi connectivity index (χ4v) is 2.12. The zero-order chi connectivity index (χ0) is 11.7. The predicted octanol–water partition coefficient (Wildman–Crippen LogP) is 4.28. The highest BCUT2D eigenvalue weighted by Gasteiger charge is 2.10. The molecule has 0 aliphatic heterocycles. The summed E-state index contributed by atoms with van der Waals surface area (Å²) >= 11 is 3.33. The van der Waals surface area contributed by atoms with Gasteiger partial charge in [-0.25, -0.2) is 8.78 Å². The molecule has 0 aromatic heterocycles. The Labute approximate surface area is 100 Å². The molecule has 0 unspecified atom stereocenters. The molecule has 1 nitrogen and oxygen atoms in total. The lowest BCUT2D eigenvalue weighted by molar-refractivity contribution is 0.338. The Morgan fingerprint density at radius 2 is 1.88 bits per heavy atom. The standard InChI is InChI=1S/C12H9BrF2O/c1-2-16-11-4-3-7-5-9(14)10(15)6-8(7)12(11)13/h3-6H,2H2,1H3. The van der Waals surface area contributed by atoms with Gasteiger partial charge in [0.1, 0.15) is 5.75 Å². The molecule has 0 aliphatic carbocycles. The van der Waals surface area contributed by atoms with Gasteiger partial charge in [-0.3, -0.25) is 0 Å². The Morgan fingerprint density at radius 1 is 1.19 bits per heavy atom. The molecule has 2 aromatic rings. The van der Waals surface area contributed by atoms with Crippen LogP contribution in [0.25, 0.3) is 10.8 Å². The first-order valence-electron chi connectivity index (χ1n) is 4.83. The van der Waals surface area contributed by atoms with Gasteiger partial charge in [0.25, 0.3) is 0 Å². The van der Waals surface area contributed by atoms with Crippen molar-refractivity contribution in [2.75, 3.05) is 6.61 Å². The predicted molar refractivity (Wildman–Crippen MR) is 62.7 cm³/mol. The van der Waals surface area contributed by atoms with E-state index in [-0.39, 0.29) is 0 Å². The van der Waals surface area contributed by atoms with Crippen LogP contribution >= 0.6 is 15.9 Å². The van der Waals surface area contributed by atoms with E-state index in [0.717, 1.165) is 6.07 Å². The minimum Gasteiger partial charge on any atom is -0.493 e. The van der Waals surface area contributed by atoms with Crippen molar-refractivity contribution in [3.8, 4) is 5.75 Å². The molecule has 0 atom stereocenters. The number of hydrogen-bond acceptors (Lipinski definition) is 1. The molecule has 0 fully saturated rings. The van der Waals surface area contributed by atoms with Gasteiger partial charge in [0.2, 0.25) is 0 Å². The van der Waals surface area contributed by atoms with E-state index in [1.807, 2.05) is 6.92 Å². The third-order valence-electron chi connectivity index (χ3n) is 2.26. The first kappa shape index (κ1) is 11.3. The average Bonchev–Trinajstić information content (AvgIpc) is 2.26. The van der Waals surface area contributed by atoms with Gasteiger partial charge in [-0.2, -0.15) is 0 Å². The van der Waals surface area contributed by atoms with Gasteiger partial charge in [-0.1, -0.05) is 6.07 Å². The summed E-state index contributed by atoms with van der Waals surface area (Å²) in [6.45, 7) is 2.38. The SMILES string of the molecule is CCOc1ccc2cc(F)c(F)cc2c1Br. The van der Waals surface area contributed by atoms with E-state index < -0.39 is 11.6 Å². The van der Waals surface area contributed by atoms with Crippen LogP contribution in [0.3, 0.4) is 0 Å². The lowest BCUT2D eigenvalue weighted by atomic mass is 10.1. The Kier molecular flexibility index (Phi) is 3.10. The molecular formula is C12H9BrF2O. The molecular weight excluding hydrogens is 278 g/mol. The maximum Gasteiger partial charge on any atom is 0.159 e. The zero-order valence-corrected chi connectivity index (χ0v) is 10.1. The summed E-state index contributed by atoms with van der Waals surface area (Å²) in [7, 11) is 0. The smallest absolute Gasteiger partial charge is 0.159 e. The van der Waals surface area contributed by atoms with Crippen LogP contribution in [0.2, 0.25) is 0 Å². The van der Waals surface area contributed by atoms with Gasteiger partial charge in [-0.05, 0) is 46.4 Å². The third kappa shape index (κ3) is 1.89. The highest BCUT2D eigenvalue weighted by atomic mass is 79.9. The van der Waals surface area contributed by atoms with Gasteiger partial charge < -0.3 is 4.74 Å². The Hall–Kier alpha value is -1.16. The minimum absolute atomic E-state index is 0.522. The van der Waals surface area contributed by atoms with E-state index in [2.05, 4.69) is 15.9 Å². The topological polar surface area (TPSA) is 9.23 Å². The minimum atomic E-state index is -0.859. The molecule has 0 saturated carbocycles. The van der Waals surface area contributed by atoms with Gasteiger partial charge in [0.15, 0.2) is 11.6 Å². The molecule has 84 valence electrons. The Bertz CT molecular complexity index is 540. The second kappa shape index (κ2) is 4.37. The molecule has 0 bridgehead atoms. The highest BCUT2D eigenvalue weighted by Crippen LogP contribution is 2.34. The van der Waals surface area contributed by atoms with Crippen LogP contribution in [-0.4, -0.2) is 6.61 Å². The van der Waals surface area contributed by atoms with Crippen LogP contribution in [0.1, 0.15) is 6.92 Å². The van der Waals surface area contributed by atoms with Gasteiger partial charge >= 0.3 is 0 Å². The first-order valence-corrected chi connectivity index (χ1v) is 5.63. The normalized spacial score (nSPS) is 10.8. The van der Waals surface area contributed by atoms with Gasteiger partial charge in [0.05, 0.1) is 11.1 Å². The summed E-state index contributed by atoms with van der Waals surface area (Å²) in [4.78, 5) is 0. The average molecular weight is 287 g/mol. The van der Waals surface area contributed by atoms with Crippen LogP contribution in [0.15, 0.2) is 28.7 Å². The van der Waals surface area contributed by atoms with Crippen molar-refractivity contribution in [1.82, 2.24) is 0 Å². The van der Waals surface area contributed by atoms with Crippen molar-refractivity contribution < 1.29 is 13.5 Å². The molecule has 0 N–H and O–H groups in total. The van der Waals surface area contributed by atoms with Crippen LogP contribution in [0.4, 0.5) is 8.78 Å². The third-order valence-corrected chi connectivity index (χ3v) is 3.08. The number of benzene rings is 2. The van der Waals surface area contributed by atoms with E-state index in [9.17, 15) is 8.78 Å². The Balaban J connectivity index is 2.69. The second-order valence-corrected chi connectivity index (χ2v) is 4.09. The summed E-state index contributed by atoms with van der Waals surface area (Å²) < 4.78 is 32.1. The molecule has 2 aromatic carbocycles. The maximum absolute atomic E-state index is 13.1. The van der Waals surface area contributed by atoms with Crippen LogP contribution in [-0.2, 0) is 0 Å². The summed E-state index contributed by atoms with van der Waals surface area (Å²) in [5.74, 6) is -1.08. The molecule has 0 aliphatic rings. The fraction of sp³-hybridized carbons (Fsp3) is 0.167. The van der Waals surface area contributed by atoms with Crippen molar-refractivity contribution in [2.45, 2.75) is 6.92 Å². The molecule has 0 spiro atoms. The number of rotatable bonds is 2. The largest absolute Gasteiger partial charge is 0.493 e. The van der Waals surface area contributed by atoms with Crippen LogP contribution in [0, 0.1) is 11.6 Å². The van der Waals surface area contributed by atoms with E-state index in [0.29, 0.717) is 27.6 Å². The summed E-state index contributed by atoms with van der Waals surface area (Å²) in [5, 5.41) is 1.24. The quantitative estimate of drug-likeness (QED) is 0.801. The molecule has 0 amide bonds. The summed E-state index contributed by atoms with van der Waals surface area (Å²) in [5.41, 5.74) is 0. The maximum atomic E-state index is 13.1. The fourth-order valence-electron chi connectivity index (χ4n) is 1.53. The van der Waals surface area contributed by atoms with Crippen molar-refractivity contribution in [3.05, 3.63) is 40.4 Å². The van der Waals surface area contributed by atoms with E-state index in [1.54, 1.807) is 12.1 Å². The number of fused-ring (bicyclic) bond motifs is 1. The molecule has 0 radical (unpaired) electrons. The second-order valence-electron chi connectivity index (χ2n) is 3.30. The Morgan fingerprint density at radius 3 is 2.56 bits per heavy atom.